The lowest BCUT2D eigenvalue weighted by atomic mass is 10.3. The number of rotatable bonds is 6. The second-order valence-corrected chi connectivity index (χ2v) is 8.24. The highest BCUT2D eigenvalue weighted by Crippen LogP contribution is 2.23. The Balaban J connectivity index is 1.45. The average molecular weight is 394 g/mol. The highest BCUT2D eigenvalue weighted by Gasteiger charge is 2.28. The third kappa shape index (κ3) is 4.41. The van der Waals surface area contributed by atoms with E-state index in [4.69, 9.17) is 0 Å². The minimum absolute atomic E-state index is 0.0224. The maximum atomic E-state index is 12.3. The third-order valence-corrected chi connectivity index (χ3v) is 5.70. The molecule has 0 unspecified atom stereocenters. The number of nitrogens with zero attached hydrogens (tertiary/aromatic N) is 2. The molecule has 4 rings (SSSR count). The van der Waals surface area contributed by atoms with E-state index in [1.165, 1.54) is 18.2 Å². The average Bonchev–Trinajstić information content (AvgIpc) is 3.50. The zero-order valence-electron chi connectivity index (χ0n) is 14.9. The molecule has 7 nitrogen and oxygen atoms in total. The van der Waals surface area contributed by atoms with Gasteiger partial charge in [0.15, 0.2) is 0 Å². The molecule has 0 aliphatic heterocycles. The van der Waals surface area contributed by atoms with Gasteiger partial charge in [-0.15, -0.1) is 0 Å². The molecular weight excluding hydrogens is 376 g/mol. The fourth-order valence-corrected chi connectivity index (χ4v) is 3.98. The van der Waals surface area contributed by atoms with E-state index in [0.717, 1.165) is 23.9 Å². The molecular formula is C20H18N4O3S. The van der Waals surface area contributed by atoms with Crippen molar-refractivity contribution in [1.29, 1.82) is 0 Å². The Kier molecular flexibility index (Phi) is 4.89. The van der Waals surface area contributed by atoms with Crippen LogP contribution >= 0.6 is 0 Å². The normalized spacial score (nSPS) is 14.4. The van der Waals surface area contributed by atoms with Crippen LogP contribution in [-0.2, 0) is 14.8 Å². The molecule has 0 atom stereocenters. The molecule has 1 aromatic heterocycles. The van der Waals surface area contributed by atoms with Crippen LogP contribution in [0.3, 0.4) is 0 Å². The zero-order valence-corrected chi connectivity index (χ0v) is 15.7. The Labute approximate surface area is 162 Å². The van der Waals surface area contributed by atoms with Crippen LogP contribution in [0.1, 0.15) is 18.5 Å². The summed E-state index contributed by atoms with van der Waals surface area (Å²) in [5.41, 5.74) is 2.48. The zero-order chi connectivity index (χ0) is 19.6. The molecule has 1 heterocycles. The summed E-state index contributed by atoms with van der Waals surface area (Å²) in [7, 11) is -3.57. The third-order valence-electron chi connectivity index (χ3n) is 4.18. The van der Waals surface area contributed by atoms with Crippen LogP contribution in [0.4, 0.5) is 5.69 Å². The molecule has 2 N–H and O–H groups in total. The topological polar surface area (TPSA) is 101 Å². The Bertz CT molecular complexity index is 1170. The molecule has 1 aliphatic carbocycles. The number of hydrogen-bond donors (Lipinski definition) is 2. The summed E-state index contributed by atoms with van der Waals surface area (Å²) in [6, 6.07) is 13.7. The van der Waals surface area contributed by atoms with Crippen LogP contribution in [0.25, 0.3) is 17.1 Å². The van der Waals surface area contributed by atoms with E-state index in [2.05, 4.69) is 20.0 Å². The maximum absolute atomic E-state index is 12.3. The number of carbonyl (C=O) groups is 1. The number of nitrogens with one attached hydrogen (secondary N) is 2. The second-order valence-electron chi connectivity index (χ2n) is 6.53. The van der Waals surface area contributed by atoms with E-state index in [1.54, 1.807) is 24.4 Å². The number of fused-ring (bicyclic) bond motifs is 1. The molecule has 0 spiro atoms. The lowest BCUT2D eigenvalue weighted by Crippen LogP contribution is -2.25. The molecule has 142 valence electrons. The molecule has 1 fully saturated rings. The minimum atomic E-state index is -3.57. The van der Waals surface area contributed by atoms with Crippen molar-refractivity contribution in [3.05, 3.63) is 66.5 Å². The van der Waals surface area contributed by atoms with Crippen molar-refractivity contribution < 1.29 is 13.2 Å². The number of carbonyl (C=O) groups excluding carboxylic acids is 1. The van der Waals surface area contributed by atoms with Crippen molar-refractivity contribution >= 4 is 38.7 Å². The van der Waals surface area contributed by atoms with Crippen molar-refractivity contribution in [3.8, 4) is 0 Å². The van der Waals surface area contributed by atoms with Gasteiger partial charge in [-0.3, -0.25) is 9.78 Å². The van der Waals surface area contributed by atoms with Gasteiger partial charge in [-0.1, -0.05) is 18.2 Å². The van der Waals surface area contributed by atoms with Crippen molar-refractivity contribution in [1.82, 2.24) is 14.7 Å². The molecule has 0 radical (unpaired) electrons. The van der Waals surface area contributed by atoms with Gasteiger partial charge in [-0.25, -0.2) is 18.1 Å². The first-order chi connectivity index (χ1) is 13.5. The Hall–Kier alpha value is -3.10. The first-order valence-electron chi connectivity index (χ1n) is 8.83. The smallest absolute Gasteiger partial charge is 0.248 e. The Morgan fingerprint density at radius 2 is 1.86 bits per heavy atom. The lowest BCUT2D eigenvalue weighted by Gasteiger charge is -2.08. The molecule has 2 aromatic carbocycles. The van der Waals surface area contributed by atoms with Gasteiger partial charge in [-0.2, -0.15) is 0 Å². The largest absolute Gasteiger partial charge is 0.322 e. The van der Waals surface area contributed by atoms with E-state index in [0.29, 0.717) is 11.4 Å². The van der Waals surface area contributed by atoms with E-state index in [-0.39, 0.29) is 16.8 Å². The van der Waals surface area contributed by atoms with Crippen LogP contribution in [0, 0.1) is 0 Å². The first kappa shape index (κ1) is 18.3. The van der Waals surface area contributed by atoms with Gasteiger partial charge in [0.2, 0.25) is 15.9 Å². The summed E-state index contributed by atoms with van der Waals surface area (Å²) in [6.07, 6.45) is 6.20. The fourth-order valence-electron chi connectivity index (χ4n) is 2.63. The number of anilines is 1. The van der Waals surface area contributed by atoms with E-state index >= 15 is 0 Å². The summed E-state index contributed by atoms with van der Waals surface area (Å²) < 4.78 is 27.2. The number of sulfonamides is 1. The van der Waals surface area contributed by atoms with Gasteiger partial charge in [0, 0.05) is 17.8 Å². The first-order valence-corrected chi connectivity index (χ1v) is 10.3. The molecule has 8 heteroatoms. The lowest BCUT2D eigenvalue weighted by molar-refractivity contribution is -0.111. The molecule has 3 aromatic rings. The molecule has 28 heavy (non-hydrogen) atoms. The second kappa shape index (κ2) is 7.49. The van der Waals surface area contributed by atoms with Gasteiger partial charge in [0.25, 0.3) is 0 Å². The highest BCUT2D eigenvalue weighted by atomic mass is 32.2. The van der Waals surface area contributed by atoms with Crippen molar-refractivity contribution in [2.75, 3.05) is 5.32 Å². The van der Waals surface area contributed by atoms with Crippen LogP contribution in [0.5, 0.6) is 0 Å². The van der Waals surface area contributed by atoms with Crippen LogP contribution in [-0.4, -0.2) is 30.3 Å². The fraction of sp³-hybridized carbons (Fsp3) is 0.150. The van der Waals surface area contributed by atoms with Crippen molar-refractivity contribution in [3.63, 3.8) is 0 Å². The SMILES string of the molecule is O=C(/C=C/c1cnc2ccccc2n1)Nc1cccc(S(=O)(=O)NC2CC2)c1. The van der Waals surface area contributed by atoms with Gasteiger partial charge < -0.3 is 5.32 Å². The Morgan fingerprint density at radius 1 is 1.07 bits per heavy atom. The number of hydrogen-bond acceptors (Lipinski definition) is 5. The molecule has 1 aliphatic rings. The molecule has 0 saturated heterocycles. The van der Waals surface area contributed by atoms with Crippen LogP contribution in [0.2, 0.25) is 0 Å². The minimum Gasteiger partial charge on any atom is -0.322 e. The monoisotopic (exact) mass is 394 g/mol. The van der Waals surface area contributed by atoms with E-state index in [1.807, 2.05) is 24.3 Å². The number of amides is 1. The van der Waals surface area contributed by atoms with E-state index < -0.39 is 10.0 Å². The standard InChI is InChI=1S/C20H18N4O3S/c25-20(11-10-16-13-21-18-6-1-2-7-19(18)22-16)23-15-4-3-5-17(12-15)28(26,27)24-14-8-9-14/h1-7,10-14,24H,8-9H2,(H,23,25)/b11-10+. The van der Waals surface area contributed by atoms with Gasteiger partial charge in [-0.05, 0) is 49.2 Å². The van der Waals surface area contributed by atoms with Crippen LogP contribution in [0.15, 0.2) is 65.7 Å². The summed E-state index contributed by atoms with van der Waals surface area (Å²) in [5, 5.41) is 2.66. The summed E-state index contributed by atoms with van der Waals surface area (Å²) in [6.45, 7) is 0. The molecule has 1 amide bonds. The van der Waals surface area contributed by atoms with Crippen molar-refractivity contribution in [2.45, 2.75) is 23.8 Å². The summed E-state index contributed by atoms with van der Waals surface area (Å²) >= 11 is 0. The predicted molar refractivity (Wildman–Crippen MR) is 107 cm³/mol. The summed E-state index contributed by atoms with van der Waals surface area (Å²) in [5.74, 6) is -0.389. The predicted octanol–water partition coefficient (Wildman–Crippen LogP) is 2.72. The van der Waals surface area contributed by atoms with Gasteiger partial charge >= 0.3 is 0 Å². The number of benzene rings is 2. The quantitative estimate of drug-likeness (QED) is 0.626. The molecule has 0 bridgehead atoms. The number of para-hydroxylation sites is 2. The van der Waals surface area contributed by atoms with Crippen molar-refractivity contribution in [2.24, 2.45) is 0 Å². The highest BCUT2D eigenvalue weighted by molar-refractivity contribution is 7.89. The van der Waals surface area contributed by atoms with E-state index in [9.17, 15) is 13.2 Å². The maximum Gasteiger partial charge on any atom is 0.248 e. The van der Waals surface area contributed by atoms with Crippen LogP contribution < -0.4 is 10.0 Å². The number of aromatic nitrogens is 2. The Morgan fingerprint density at radius 3 is 2.64 bits per heavy atom. The summed E-state index contributed by atoms with van der Waals surface area (Å²) in [4.78, 5) is 21.0. The van der Waals surface area contributed by atoms with Gasteiger partial charge in [0.05, 0.1) is 27.8 Å². The molecule has 1 saturated carbocycles. The van der Waals surface area contributed by atoms with Gasteiger partial charge in [0.1, 0.15) is 0 Å².